The molecule has 7 nitrogen and oxygen atoms in total. The molecule has 0 fully saturated rings. The van der Waals surface area contributed by atoms with Gasteiger partial charge in [-0.3, -0.25) is 14.4 Å². The summed E-state index contributed by atoms with van der Waals surface area (Å²) in [4.78, 5) is 46.2. The fraction of sp³-hybridized carbons (Fsp3) is 0.176. The predicted octanol–water partition coefficient (Wildman–Crippen LogP) is 1.92. The lowest BCUT2D eigenvalue weighted by Gasteiger charge is -2.15. The van der Waals surface area contributed by atoms with Crippen LogP contribution in [0.1, 0.15) is 12.5 Å². The minimum absolute atomic E-state index is 0.0710. The molecule has 0 saturated heterocycles. The molecule has 0 aromatic heterocycles. The molecule has 125 valence electrons. The fourth-order valence-electron chi connectivity index (χ4n) is 1.69. The number of carbonyl (C=O) groups excluding carboxylic acids is 4. The van der Waals surface area contributed by atoms with E-state index in [2.05, 4.69) is 11.9 Å². The van der Waals surface area contributed by atoms with Crippen LogP contribution in [-0.4, -0.2) is 42.2 Å². The van der Waals surface area contributed by atoms with E-state index in [1.807, 2.05) is 0 Å². The summed E-state index contributed by atoms with van der Waals surface area (Å²) < 4.78 is 4.71. The first kappa shape index (κ1) is 18.8. The van der Waals surface area contributed by atoms with Gasteiger partial charge in [-0.2, -0.15) is 0 Å². The Kier molecular flexibility index (Phi) is 7.63. The van der Waals surface area contributed by atoms with Crippen molar-refractivity contribution in [2.24, 2.45) is 0 Å². The van der Waals surface area contributed by atoms with Crippen molar-refractivity contribution in [2.75, 3.05) is 18.5 Å². The number of hydrogen-bond donors (Lipinski definition) is 1. The van der Waals surface area contributed by atoms with Crippen LogP contribution < -0.4 is 5.32 Å². The number of nitrogens with one attached hydrogen (secondary N) is 1. The highest BCUT2D eigenvalue weighted by Gasteiger charge is 2.20. The number of imide groups is 1. The third kappa shape index (κ3) is 5.53. The van der Waals surface area contributed by atoms with E-state index in [9.17, 15) is 19.2 Å². The van der Waals surface area contributed by atoms with Crippen LogP contribution in [-0.2, 0) is 19.1 Å². The third-order valence-electron chi connectivity index (χ3n) is 2.79. The highest BCUT2D eigenvalue weighted by molar-refractivity contribution is 6.04. The van der Waals surface area contributed by atoms with E-state index in [1.165, 1.54) is 12.4 Å². The van der Waals surface area contributed by atoms with E-state index in [4.69, 9.17) is 4.74 Å². The van der Waals surface area contributed by atoms with Crippen LogP contribution in [0.15, 0.2) is 43.0 Å². The van der Waals surface area contributed by atoms with Crippen molar-refractivity contribution in [3.05, 3.63) is 48.6 Å². The SMILES string of the molecule is C=CC(=O)Nc1ccccc1/C=C/C(=O)N(C[C]=O)C(=O)OCC. The van der Waals surface area contributed by atoms with Crippen molar-refractivity contribution in [3.63, 3.8) is 0 Å². The Hall–Kier alpha value is -3.22. The van der Waals surface area contributed by atoms with Crippen molar-refractivity contribution in [1.82, 2.24) is 4.90 Å². The number of ether oxygens (including phenoxy) is 1. The molecule has 3 amide bonds. The standard InChI is InChI=1S/C17H17N2O5/c1-3-15(21)18-14-8-6-5-7-13(14)9-10-16(22)19(11-12-20)17(23)24-4-2/h3,5-10H,1,4,11H2,2H3,(H,18,21)/b10-9+. The first-order valence-electron chi connectivity index (χ1n) is 7.07. The molecule has 0 spiro atoms. The summed E-state index contributed by atoms with van der Waals surface area (Å²) >= 11 is 0. The first-order chi connectivity index (χ1) is 11.5. The van der Waals surface area contributed by atoms with Gasteiger partial charge in [0.05, 0.1) is 13.2 Å². The fourth-order valence-corrected chi connectivity index (χ4v) is 1.69. The number of nitrogens with zero attached hydrogens (tertiary/aromatic N) is 1. The molecule has 1 radical (unpaired) electrons. The summed E-state index contributed by atoms with van der Waals surface area (Å²) in [5.74, 6) is -1.13. The van der Waals surface area contributed by atoms with E-state index in [0.717, 1.165) is 12.2 Å². The van der Waals surface area contributed by atoms with E-state index in [0.29, 0.717) is 16.2 Å². The summed E-state index contributed by atoms with van der Waals surface area (Å²) in [7, 11) is 0. The van der Waals surface area contributed by atoms with E-state index in [-0.39, 0.29) is 6.61 Å². The molecule has 1 rings (SSSR count). The molecular formula is C17H17N2O5. The van der Waals surface area contributed by atoms with Crippen molar-refractivity contribution in [1.29, 1.82) is 0 Å². The summed E-state index contributed by atoms with van der Waals surface area (Å²) in [6.07, 6.45) is 4.19. The number of para-hydroxylation sites is 1. The molecular weight excluding hydrogens is 312 g/mol. The molecule has 24 heavy (non-hydrogen) atoms. The zero-order chi connectivity index (χ0) is 17.9. The molecule has 0 aliphatic carbocycles. The zero-order valence-corrected chi connectivity index (χ0v) is 13.2. The normalized spacial score (nSPS) is 10.0. The molecule has 1 N–H and O–H groups in total. The highest BCUT2D eigenvalue weighted by atomic mass is 16.6. The van der Waals surface area contributed by atoms with Crippen molar-refractivity contribution in [3.8, 4) is 0 Å². The average molecular weight is 329 g/mol. The van der Waals surface area contributed by atoms with Gasteiger partial charge in [0, 0.05) is 11.8 Å². The molecule has 1 aromatic rings. The zero-order valence-electron chi connectivity index (χ0n) is 13.2. The minimum Gasteiger partial charge on any atom is -0.449 e. The van der Waals surface area contributed by atoms with Crippen molar-refractivity contribution >= 4 is 36.0 Å². The van der Waals surface area contributed by atoms with Crippen LogP contribution in [0.5, 0.6) is 0 Å². The van der Waals surface area contributed by atoms with Gasteiger partial charge in [-0.1, -0.05) is 24.8 Å². The van der Waals surface area contributed by atoms with Gasteiger partial charge >= 0.3 is 6.09 Å². The number of hydrogen-bond acceptors (Lipinski definition) is 5. The Balaban J connectivity index is 2.95. The molecule has 0 bridgehead atoms. The molecule has 7 heteroatoms. The monoisotopic (exact) mass is 329 g/mol. The van der Waals surface area contributed by atoms with Gasteiger partial charge < -0.3 is 10.1 Å². The van der Waals surface area contributed by atoms with E-state index < -0.39 is 24.5 Å². The molecule has 0 atom stereocenters. The lowest BCUT2D eigenvalue weighted by Crippen LogP contribution is -2.37. The topological polar surface area (TPSA) is 92.8 Å². The van der Waals surface area contributed by atoms with Gasteiger partial charge in [-0.05, 0) is 30.7 Å². The smallest absolute Gasteiger partial charge is 0.417 e. The molecule has 0 aliphatic heterocycles. The van der Waals surface area contributed by atoms with Crippen LogP contribution in [0.4, 0.5) is 10.5 Å². The molecule has 0 heterocycles. The second-order valence-corrected chi connectivity index (χ2v) is 4.38. The maximum absolute atomic E-state index is 12.1. The largest absolute Gasteiger partial charge is 0.449 e. The van der Waals surface area contributed by atoms with Gasteiger partial charge in [0.2, 0.25) is 12.2 Å². The number of benzene rings is 1. The van der Waals surface area contributed by atoms with Crippen LogP contribution >= 0.6 is 0 Å². The number of anilines is 1. The quantitative estimate of drug-likeness (QED) is 0.772. The summed E-state index contributed by atoms with van der Waals surface area (Å²) in [6.45, 7) is 4.49. The summed E-state index contributed by atoms with van der Waals surface area (Å²) in [5.41, 5.74) is 1.01. The number of amides is 3. The lowest BCUT2D eigenvalue weighted by atomic mass is 10.1. The lowest BCUT2D eigenvalue weighted by molar-refractivity contribution is -0.123. The Bertz CT molecular complexity index is 667. The number of carbonyl (C=O) groups is 3. The van der Waals surface area contributed by atoms with Crippen LogP contribution in [0.25, 0.3) is 6.08 Å². The molecule has 0 unspecified atom stereocenters. The van der Waals surface area contributed by atoms with Gasteiger partial charge in [0.1, 0.15) is 0 Å². The molecule has 1 aromatic carbocycles. The van der Waals surface area contributed by atoms with Crippen molar-refractivity contribution in [2.45, 2.75) is 6.92 Å². The average Bonchev–Trinajstić information content (AvgIpc) is 2.58. The van der Waals surface area contributed by atoms with Crippen molar-refractivity contribution < 1.29 is 23.9 Å². The maximum Gasteiger partial charge on any atom is 0.417 e. The molecule has 0 saturated carbocycles. The van der Waals surface area contributed by atoms with Crippen LogP contribution in [0, 0.1) is 0 Å². The summed E-state index contributed by atoms with van der Waals surface area (Å²) in [5, 5.41) is 2.59. The van der Waals surface area contributed by atoms with Gasteiger partial charge in [-0.15, -0.1) is 0 Å². The Morgan fingerprint density at radius 2 is 2.04 bits per heavy atom. The van der Waals surface area contributed by atoms with Gasteiger partial charge in [0.25, 0.3) is 5.91 Å². The number of rotatable bonds is 7. The third-order valence-corrected chi connectivity index (χ3v) is 2.79. The summed E-state index contributed by atoms with van der Waals surface area (Å²) in [6, 6.07) is 6.75. The Morgan fingerprint density at radius 1 is 1.33 bits per heavy atom. The maximum atomic E-state index is 12.1. The second-order valence-electron chi connectivity index (χ2n) is 4.38. The van der Waals surface area contributed by atoms with Gasteiger partial charge in [0.15, 0.2) is 0 Å². The van der Waals surface area contributed by atoms with E-state index >= 15 is 0 Å². The van der Waals surface area contributed by atoms with Crippen LogP contribution in [0.2, 0.25) is 0 Å². The predicted molar refractivity (Wildman–Crippen MR) is 88.7 cm³/mol. The van der Waals surface area contributed by atoms with Crippen LogP contribution in [0.3, 0.4) is 0 Å². The Morgan fingerprint density at radius 3 is 2.67 bits per heavy atom. The Labute approximate surface area is 139 Å². The first-order valence-corrected chi connectivity index (χ1v) is 7.07. The van der Waals surface area contributed by atoms with E-state index in [1.54, 1.807) is 31.2 Å². The second kappa shape index (κ2) is 9.73. The minimum atomic E-state index is -0.927. The molecule has 0 aliphatic rings. The highest BCUT2D eigenvalue weighted by Crippen LogP contribution is 2.17. The van der Waals surface area contributed by atoms with Gasteiger partial charge in [-0.25, -0.2) is 9.69 Å².